The molecule has 0 N–H and O–H groups in total. The zero-order valence-electron chi connectivity index (χ0n) is 14.5. The molecule has 0 aliphatic carbocycles. The Balaban J connectivity index is 2.04. The summed E-state index contributed by atoms with van der Waals surface area (Å²) in [6.45, 7) is 6.27. The number of nitrogens with zero attached hydrogens (tertiary/aromatic N) is 2. The molecule has 0 saturated carbocycles. The fourth-order valence-corrected chi connectivity index (χ4v) is 3.51. The second-order valence-corrected chi connectivity index (χ2v) is 6.88. The van der Waals surface area contributed by atoms with Crippen LogP contribution in [-0.4, -0.2) is 22.1 Å². The van der Waals surface area contributed by atoms with Gasteiger partial charge in [0.2, 0.25) is 0 Å². The monoisotopic (exact) mass is 356 g/mol. The Hall–Kier alpha value is -2.47. The number of fused-ring (bicyclic) bond motifs is 1. The Labute approximate surface area is 149 Å². The summed E-state index contributed by atoms with van der Waals surface area (Å²) >= 11 is 1.43. The van der Waals surface area contributed by atoms with Crippen LogP contribution in [0.25, 0.3) is 21.3 Å². The fraction of sp³-hybridized carbons (Fsp3) is 0.316. The van der Waals surface area contributed by atoms with Crippen molar-refractivity contribution < 1.29 is 9.53 Å². The van der Waals surface area contributed by atoms with Crippen LogP contribution in [0.15, 0.2) is 34.7 Å². The molecule has 3 rings (SSSR count). The van der Waals surface area contributed by atoms with Crippen molar-refractivity contribution in [2.75, 3.05) is 6.61 Å². The first-order valence-corrected chi connectivity index (χ1v) is 9.09. The van der Waals surface area contributed by atoms with Crippen molar-refractivity contribution in [3.05, 3.63) is 51.4 Å². The highest BCUT2D eigenvalue weighted by Crippen LogP contribution is 2.31. The topological polar surface area (TPSA) is 61.2 Å². The predicted octanol–water partition coefficient (Wildman–Crippen LogP) is 3.70. The first kappa shape index (κ1) is 17.4. The van der Waals surface area contributed by atoms with E-state index in [0.29, 0.717) is 16.8 Å². The van der Waals surface area contributed by atoms with E-state index in [1.54, 1.807) is 0 Å². The minimum atomic E-state index is -0.423. The predicted molar refractivity (Wildman–Crippen MR) is 100 cm³/mol. The molecule has 0 saturated heterocycles. The van der Waals surface area contributed by atoms with Crippen LogP contribution in [0.4, 0.5) is 0 Å². The van der Waals surface area contributed by atoms with E-state index < -0.39 is 5.97 Å². The lowest BCUT2D eigenvalue weighted by atomic mass is 10.0. The van der Waals surface area contributed by atoms with Gasteiger partial charge in [-0.1, -0.05) is 25.1 Å². The first-order valence-electron chi connectivity index (χ1n) is 8.21. The third-order valence-electron chi connectivity index (χ3n) is 4.15. The average Bonchev–Trinajstić information content (AvgIpc) is 3.03. The molecule has 3 aromatic rings. The number of hydrogen-bond acceptors (Lipinski definition) is 5. The SMILES string of the molecule is CCCOC(=O)Cn1cnc2scc(-c3ccc(C)c(C)c3)c2c1=O. The van der Waals surface area contributed by atoms with Crippen LogP contribution in [0.5, 0.6) is 0 Å². The summed E-state index contributed by atoms with van der Waals surface area (Å²) in [6, 6.07) is 6.13. The zero-order valence-corrected chi connectivity index (χ0v) is 15.4. The van der Waals surface area contributed by atoms with Gasteiger partial charge in [0.05, 0.1) is 18.3 Å². The smallest absolute Gasteiger partial charge is 0.326 e. The number of aryl methyl sites for hydroxylation is 2. The fourth-order valence-electron chi connectivity index (χ4n) is 2.60. The molecule has 0 spiro atoms. The van der Waals surface area contributed by atoms with Gasteiger partial charge in [-0.2, -0.15) is 0 Å². The van der Waals surface area contributed by atoms with Gasteiger partial charge >= 0.3 is 5.97 Å². The molecule has 0 radical (unpaired) electrons. The van der Waals surface area contributed by atoms with Gasteiger partial charge in [-0.15, -0.1) is 11.3 Å². The van der Waals surface area contributed by atoms with Gasteiger partial charge < -0.3 is 4.74 Å². The Kier molecular flexibility index (Phi) is 4.99. The maximum Gasteiger partial charge on any atom is 0.326 e. The number of benzene rings is 1. The minimum Gasteiger partial charge on any atom is -0.464 e. The van der Waals surface area contributed by atoms with E-state index in [4.69, 9.17) is 4.74 Å². The highest BCUT2D eigenvalue weighted by Gasteiger charge is 2.15. The van der Waals surface area contributed by atoms with Crippen LogP contribution in [0, 0.1) is 13.8 Å². The molecule has 1 aromatic carbocycles. The molecule has 0 bridgehead atoms. The van der Waals surface area contributed by atoms with Crippen molar-refractivity contribution in [1.82, 2.24) is 9.55 Å². The molecule has 25 heavy (non-hydrogen) atoms. The molecular formula is C19H20N2O3S. The number of ether oxygens (including phenoxy) is 1. The van der Waals surface area contributed by atoms with Crippen molar-refractivity contribution in [3.63, 3.8) is 0 Å². The zero-order chi connectivity index (χ0) is 18.0. The number of esters is 1. The van der Waals surface area contributed by atoms with Crippen LogP contribution in [-0.2, 0) is 16.1 Å². The number of carbonyl (C=O) groups excluding carboxylic acids is 1. The van der Waals surface area contributed by atoms with Crippen molar-refractivity contribution in [3.8, 4) is 11.1 Å². The largest absolute Gasteiger partial charge is 0.464 e. The molecule has 0 aliphatic heterocycles. The van der Waals surface area contributed by atoms with Crippen molar-refractivity contribution in [2.45, 2.75) is 33.7 Å². The normalized spacial score (nSPS) is 11.0. The molecule has 5 nitrogen and oxygen atoms in total. The molecule has 6 heteroatoms. The lowest BCUT2D eigenvalue weighted by Gasteiger charge is -2.07. The van der Waals surface area contributed by atoms with E-state index >= 15 is 0 Å². The van der Waals surface area contributed by atoms with Crippen molar-refractivity contribution in [2.24, 2.45) is 0 Å². The van der Waals surface area contributed by atoms with Gasteiger partial charge in [0.15, 0.2) is 0 Å². The minimum absolute atomic E-state index is 0.121. The summed E-state index contributed by atoms with van der Waals surface area (Å²) < 4.78 is 6.38. The quantitative estimate of drug-likeness (QED) is 0.654. The average molecular weight is 356 g/mol. The van der Waals surface area contributed by atoms with E-state index in [2.05, 4.69) is 18.0 Å². The van der Waals surface area contributed by atoms with Gasteiger partial charge in [-0.25, -0.2) is 4.98 Å². The molecule has 0 amide bonds. The molecular weight excluding hydrogens is 336 g/mol. The van der Waals surface area contributed by atoms with E-state index in [1.165, 1.54) is 33.4 Å². The Morgan fingerprint density at radius 1 is 1.28 bits per heavy atom. The Morgan fingerprint density at radius 3 is 2.80 bits per heavy atom. The summed E-state index contributed by atoms with van der Waals surface area (Å²) in [7, 11) is 0. The number of hydrogen-bond donors (Lipinski definition) is 0. The van der Waals surface area contributed by atoms with E-state index in [0.717, 1.165) is 17.5 Å². The summed E-state index contributed by atoms with van der Waals surface area (Å²) in [5, 5.41) is 2.50. The van der Waals surface area contributed by atoms with Crippen molar-refractivity contribution >= 4 is 27.5 Å². The molecule has 0 atom stereocenters. The number of thiophene rings is 1. The second-order valence-electron chi connectivity index (χ2n) is 6.03. The van der Waals surface area contributed by atoms with Crippen LogP contribution in [0.3, 0.4) is 0 Å². The molecule has 2 heterocycles. The summed E-state index contributed by atoms with van der Waals surface area (Å²) in [6.07, 6.45) is 2.16. The molecule has 130 valence electrons. The number of rotatable bonds is 5. The van der Waals surface area contributed by atoms with Gasteiger partial charge in [0.25, 0.3) is 5.56 Å². The van der Waals surface area contributed by atoms with Gasteiger partial charge in [0, 0.05) is 10.9 Å². The Bertz CT molecular complexity index is 988. The van der Waals surface area contributed by atoms with Gasteiger partial charge in [-0.3, -0.25) is 14.2 Å². The third kappa shape index (κ3) is 3.49. The number of aromatic nitrogens is 2. The highest BCUT2D eigenvalue weighted by molar-refractivity contribution is 7.17. The molecule has 2 aromatic heterocycles. The lowest BCUT2D eigenvalue weighted by molar-refractivity contribution is -0.144. The van der Waals surface area contributed by atoms with Crippen LogP contribution < -0.4 is 5.56 Å². The molecule has 0 fully saturated rings. The maximum absolute atomic E-state index is 12.9. The van der Waals surface area contributed by atoms with Crippen LogP contribution in [0.1, 0.15) is 24.5 Å². The second kappa shape index (κ2) is 7.19. The van der Waals surface area contributed by atoms with E-state index in [-0.39, 0.29) is 12.1 Å². The standard InChI is InChI=1S/C19H20N2O3S/c1-4-7-24-16(22)9-21-11-20-18-17(19(21)23)15(10-25-18)14-6-5-12(2)13(3)8-14/h5-6,8,10-11H,4,7,9H2,1-3H3. The van der Waals surface area contributed by atoms with Gasteiger partial charge in [-0.05, 0) is 37.0 Å². The maximum atomic E-state index is 12.9. The van der Waals surface area contributed by atoms with Gasteiger partial charge in [0.1, 0.15) is 11.4 Å². The lowest BCUT2D eigenvalue weighted by Crippen LogP contribution is -2.25. The molecule has 0 aliphatic rings. The summed E-state index contributed by atoms with van der Waals surface area (Å²) in [5.41, 5.74) is 4.01. The summed E-state index contributed by atoms with van der Waals surface area (Å²) in [4.78, 5) is 29.7. The van der Waals surface area contributed by atoms with E-state index in [1.807, 2.05) is 31.4 Å². The first-order chi connectivity index (χ1) is 12.0. The number of carbonyl (C=O) groups is 1. The molecule has 0 unspecified atom stereocenters. The Morgan fingerprint density at radius 2 is 2.08 bits per heavy atom. The van der Waals surface area contributed by atoms with Crippen LogP contribution >= 0.6 is 11.3 Å². The van der Waals surface area contributed by atoms with Crippen molar-refractivity contribution in [1.29, 1.82) is 0 Å². The highest BCUT2D eigenvalue weighted by atomic mass is 32.1. The third-order valence-corrected chi connectivity index (χ3v) is 5.03. The van der Waals surface area contributed by atoms with Crippen LogP contribution in [0.2, 0.25) is 0 Å². The van der Waals surface area contributed by atoms with E-state index in [9.17, 15) is 9.59 Å². The summed E-state index contributed by atoms with van der Waals surface area (Å²) in [5.74, 6) is -0.423.